The highest BCUT2D eigenvalue weighted by molar-refractivity contribution is 7.21. The van der Waals surface area contributed by atoms with E-state index in [1.54, 1.807) is 0 Å². The molecule has 0 aliphatic carbocycles. The van der Waals surface area contributed by atoms with Crippen molar-refractivity contribution >= 4 is 33.2 Å². The molecule has 2 amide bonds. The first-order valence-corrected chi connectivity index (χ1v) is 9.45. The van der Waals surface area contributed by atoms with Crippen molar-refractivity contribution in [1.29, 1.82) is 0 Å². The van der Waals surface area contributed by atoms with E-state index >= 15 is 0 Å². The second-order valence-corrected chi connectivity index (χ2v) is 7.36. The molecule has 4 nitrogen and oxygen atoms in total. The molecule has 0 radical (unpaired) electrons. The third kappa shape index (κ3) is 4.29. The molecule has 134 valence electrons. The van der Waals surface area contributed by atoms with Crippen LogP contribution >= 0.6 is 11.3 Å². The van der Waals surface area contributed by atoms with Gasteiger partial charge in [-0.3, -0.25) is 9.59 Å². The van der Waals surface area contributed by atoms with Crippen LogP contribution in [0, 0.1) is 6.92 Å². The molecule has 3 rings (SSSR count). The first kappa shape index (κ1) is 18.1. The van der Waals surface area contributed by atoms with Gasteiger partial charge in [0.15, 0.2) is 0 Å². The maximum Gasteiger partial charge on any atom is 0.261 e. The predicted octanol–water partition coefficient (Wildman–Crippen LogP) is 3.67. The average Bonchev–Trinajstić information content (AvgIpc) is 2.99. The van der Waals surface area contributed by atoms with Gasteiger partial charge in [-0.2, -0.15) is 0 Å². The van der Waals surface area contributed by atoms with Crippen molar-refractivity contribution in [3.63, 3.8) is 0 Å². The van der Waals surface area contributed by atoms with E-state index in [0.717, 1.165) is 26.9 Å². The van der Waals surface area contributed by atoms with Crippen LogP contribution in [0.5, 0.6) is 0 Å². The van der Waals surface area contributed by atoms with E-state index < -0.39 is 0 Å². The van der Waals surface area contributed by atoms with Crippen LogP contribution in [0.25, 0.3) is 10.1 Å². The van der Waals surface area contributed by atoms with Gasteiger partial charge in [-0.05, 0) is 35.9 Å². The minimum absolute atomic E-state index is 0.0846. The van der Waals surface area contributed by atoms with Crippen molar-refractivity contribution in [1.82, 2.24) is 10.6 Å². The van der Waals surface area contributed by atoms with Crippen LogP contribution in [0.3, 0.4) is 0 Å². The Morgan fingerprint density at radius 3 is 2.38 bits per heavy atom. The molecule has 0 aliphatic heterocycles. The van der Waals surface area contributed by atoms with Crippen molar-refractivity contribution in [2.24, 2.45) is 0 Å². The van der Waals surface area contributed by atoms with Gasteiger partial charge in [-0.1, -0.05) is 48.0 Å². The normalized spacial score (nSPS) is 10.7. The molecule has 0 atom stereocenters. The van der Waals surface area contributed by atoms with Gasteiger partial charge in [0.25, 0.3) is 5.91 Å². The lowest BCUT2D eigenvalue weighted by Gasteiger charge is -2.08. The zero-order valence-corrected chi connectivity index (χ0v) is 15.8. The predicted molar refractivity (Wildman–Crippen MR) is 107 cm³/mol. The summed E-state index contributed by atoms with van der Waals surface area (Å²) in [6.45, 7) is 4.38. The Morgan fingerprint density at radius 2 is 1.65 bits per heavy atom. The van der Waals surface area contributed by atoms with E-state index in [9.17, 15) is 9.59 Å². The van der Waals surface area contributed by atoms with Crippen molar-refractivity contribution in [2.45, 2.75) is 20.3 Å². The van der Waals surface area contributed by atoms with Gasteiger partial charge in [0, 0.05) is 24.7 Å². The Kier molecular flexibility index (Phi) is 5.68. The van der Waals surface area contributed by atoms with Gasteiger partial charge < -0.3 is 10.6 Å². The Bertz CT molecular complexity index is 929. The fourth-order valence-electron chi connectivity index (χ4n) is 2.86. The fraction of sp³-hybridized carbons (Fsp3) is 0.238. The van der Waals surface area contributed by atoms with E-state index in [1.807, 2.05) is 18.2 Å². The number of hydrogen-bond donors (Lipinski definition) is 2. The summed E-state index contributed by atoms with van der Waals surface area (Å²) in [6.07, 6.45) is 0.721. The number of fused-ring (bicyclic) bond motifs is 1. The van der Waals surface area contributed by atoms with E-state index in [4.69, 9.17) is 0 Å². The molecule has 0 bridgehead atoms. The number of nitrogens with one attached hydrogen (secondary N) is 2. The molecule has 0 spiro atoms. The lowest BCUT2D eigenvalue weighted by molar-refractivity contribution is -0.118. The van der Waals surface area contributed by atoms with E-state index in [-0.39, 0.29) is 11.8 Å². The summed E-state index contributed by atoms with van der Waals surface area (Å²) in [6, 6.07) is 16.5. The summed E-state index contributed by atoms with van der Waals surface area (Å²) in [5.74, 6) is -0.181. The van der Waals surface area contributed by atoms with Gasteiger partial charge >= 0.3 is 0 Å². The van der Waals surface area contributed by atoms with Crippen LogP contribution in [0.15, 0.2) is 48.5 Å². The lowest BCUT2D eigenvalue weighted by Crippen LogP contribution is -2.33. The third-order valence-electron chi connectivity index (χ3n) is 4.19. The minimum Gasteiger partial charge on any atom is -0.355 e. The molecule has 0 saturated carbocycles. The first-order valence-electron chi connectivity index (χ1n) is 8.63. The summed E-state index contributed by atoms with van der Waals surface area (Å²) in [5.41, 5.74) is 3.47. The van der Waals surface area contributed by atoms with Crippen molar-refractivity contribution in [2.75, 3.05) is 13.1 Å². The van der Waals surface area contributed by atoms with Crippen LogP contribution in [0.2, 0.25) is 0 Å². The Balaban J connectivity index is 1.85. The zero-order valence-electron chi connectivity index (χ0n) is 15.0. The maximum atomic E-state index is 12.7. The number of aryl methyl sites for hydroxylation is 1. The van der Waals surface area contributed by atoms with E-state index in [1.165, 1.54) is 29.4 Å². The molecule has 2 N–H and O–H groups in total. The Labute approximate surface area is 157 Å². The maximum absolute atomic E-state index is 12.7. The average molecular weight is 366 g/mol. The smallest absolute Gasteiger partial charge is 0.261 e. The number of thiophene rings is 1. The summed E-state index contributed by atoms with van der Waals surface area (Å²) in [4.78, 5) is 24.4. The van der Waals surface area contributed by atoms with Gasteiger partial charge in [0.05, 0.1) is 4.88 Å². The highest BCUT2D eigenvalue weighted by atomic mass is 32.1. The van der Waals surface area contributed by atoms with Crippen LogP contribution in [0.4, 0.5) is 0 Å². The van der Waals surface area contributed by atoms with Crippen LogP contribution in [-0.2, 0) is 11.2 Å². The number of amides is 2. The van der Waals surface area contributed by atoms with Crippen molar-refractivity contribution < 1.29 is 9.59 Å². The number of benzene rings is 2. The molecule has 5 heteroatoms. The van der Waals surface area contributed by atoms with Crippen molar-refractivity contribution in [3.05, 3.63) is 70.1 Å². The molecule has 0 aliphatic rings. The summed E-state index contributed by atoms with van der Waals surface area (Å²) in [7, 11) is 0. The van der Waals surface area contributed by atoms with Gasteiger partial charge in [-0.25, -0.2) is 0 Å². The van der Waals surface area contributed by atoms with Crippen LogP contribution in [0.1, 0.15) is 33.3 Å². The summed E-state index contributed by atoms with van der Waals surface area (Å²) in [5, 5.41) is 6.73. The van der Waals surface area contributed by atoms with Crippen molar-refractivity contribution in [3.8, 4) is 0 Å². The topological polar surface area (TPSA) is 58.2 Å². The first-order chi connectivity index (χ1) is 12.5. The van der Waals surface area contributed by atoms with Gasteiger partial charge in [-0.15, -0.1) is 11.3 Å². The molecule has 0 unspecified atom stereocenters. The second kappa shape index (κ2) is 8.15. The SMILES string of the molecule is CC(=O)NCCNC(=O)c1sc2ccccc2c1Cc1ccc(C)cc1. The highest BCUT2D eigenvalue weighted by Crippen LogP contribution is 2.33. The highest BCUT2D eigenvalue weighted by Gasteiger charge is 2.18. The zero-order chi connectivity index (χ0) is 18.5. The minimum atomic E-state index is -0.0961. The Hall–Kier alpha value is -2.66. The van der Waals surface area contributed by atoms with E-state index in [0.29, 0.717) is 13.1 Å². The molecule has 0 saturated heterocycles. The number of hydrogen-bond acceptors (Lipinski definition) is 3. The quantitative estimate of drug-likeness (QED) is 0.654. The molecule has 2 aromatic carbocycles. The largest absolute Gasteiger partial charge is 0.355 e. The second-order valence-electron chi connectivity index (χ2n) is 6.31. The standard InChI is InChI=1S/C21H22N2O2S/c1-14-7-9-16(10-8-14)13-18-17-5-3-4-6-19(17)26-20(18)21(25)23-12-11-22-15(2)24/h3-10H,11-13H2,1-2H3,(H,22,24)(H,23,25). The number of rotatable bonds is 6. The van der Waals surface area contributed by atoms with Gasteiger partial charge in [0.2, 0.25) is 5.91 Å². The lowest BCUT2D eigenvalue weighted by atomic mass is 10.0. The molecule has 26 heavy (non-hydrogen) atoms. The molecular formula is C21H22N2O2S. The monoisotopic (exact) mass is 366 g/mol. The van der Waals surface area contributed by atoms with Gasteiger partial charge in [0.1, 0.15) is 0 Å². The molecule has 1 heterocycles. The van der Waals surface area contributed by atoms with E-state index in [2.05, 4.69) is 47.9 Å². The summed E-state index contributed by atoms with van der Waals surface area (Å²) < 4.78 is 1.11. The molecule has 3 aromatic rings. The molecule has 1 aromatic heterocycles. The number of carbonyl (C=O) groups excluding carboxylic acids is 2. The fourth-order valence-corrected chi connectivity index (χ4v) is 4.00. The third-order valence-corrected chi connectivity index (χ3v) is 5.40. The summed E-state index contributed by atoms with van der Waals surface area (Å²) >= 11 is 1.52. The number of carbonyl (C=O) groups is 2. The van der Waals surface area contributed by atoms with Crippen LogP contribution in [-0.4, -0.2) is 24.9 Å². The molecule has 0 fully saturated rings. The van der Waals surface area contributed by atoms with Crippen LogP contribution < -0.4 is 10.6 Å². The molecular weight excluding hydrogens is 344 g/mol. The Morgan fingerprint density at radius 1 is 0.962 bits per heavy atom.